The van der Waals surface area contributed by atoms with E-state index < -0.39 is 12.6 Å². The third-order valence-corrected chi connectivity index (χ3v) is 5.17. The van der Waals surface area contributed by atoms with E-state index in [-0.39, 0.29) is 30.1 Å². The highest BCUT2D eigenvalue weighted by Crippen LogP contribution is 2.37. The lowest BCUT2D eigenvalue weighted by atomic mass is 10.1. The van der Waals surface area contributed by atoms with Crippen LogP contribution in [0.3, 0.4) is 0 Å². The molecule has 2 aliphatic heterocycles. The first kappa shape index (κ1) is 19.9. The summed E-state index contributed by atoms with van der Waals surface area (Å²) in [5, 5.41) is 2.86. The highest BCUT2D eigenvalue weighted by Gasteiger charge is 2.36. The number of carbonyl (C=O) groups excluding carboxylic acids is 2. The third-order valence-electron chi connectivity index (χ3n) is 5.17. The van der Waals surface area contributed by atoms with Gasteiger partial charge in [-0.3, -0.25) is 4.79 Å². The van der Waals surface area contributed by atoms with Crippen LogP contribution in [0.5, 0.6) is 11.5 Å². The van der Waals surface area contributed by atoms with Gasteiger partial charge in [-0.15, -0.1) is 0 Å². The summed E-state index contributed by atoms with van der Waals surface area (Å²) in [5.41, 5.74) is 2.33. The van der Waals surface area contributed by atoms with Gasteiger partial charge in [-0.05, 0) is 48.7 Å². The topological polar surface area (TPSA) is 77.1 Å². The van der Waals surface area contributed by atoms with Crippen molar-refractivity contribution in [1.82, 2.24) is 0 Å². The number of esters is 1. The average molecular weight is 418 g/mol. The first-order valence-electron chi connectivity index (χ1n) is 9.46. The molecule has 1 fully saturated rings. The zero-order valence-corrected chi connectivity index (χ0v) is 16.2. The van der Waals surface area contributed by atoms with Crippen molar-refractivity contribution in [2.75, 3.05) is 23.9 Å². The van der Waals surface area contributed by atoms with Crippen molar-refractivity contribution < 1.29 is 32.6 Å². The lowest BCUT2D eigenvalue weighted by Gasteiger charge is -2.33. The minimum absolute atomic E-state index is 0.0660. The standard InChI is InChI=1S/C21H20F2N2O5/c1-28-18-9-12(4-7-17(18)30-21(22)23)11-29-20(27)13-5-6-15-14(10-13)24-19(26)16-3-2-8-25(15)16/h4-7,9-10,16,21H,2-3,8,11H2,1H3,(H,24,26). The van der Waals surface area contributed by atoms with Crippen molar-refractivity contribution in [2.24, 2.45) is 0 Å². The Morgan fingerprint density at radius 3 is 2.83 bits per heavy atom. The number of carbonyl (C=O) groups is 2. The van der Waals surface area contributed by atoms with Gasteiger partial charge in [-0.25, -0.2) is 4.79 Å². The van der Waals surface area contributed by atoms with Crippen LogP contribution in [0.2, 0.25) is 0 Å². The molecule has 0 aromatic heterocycles. The molecule has 2 heterocycles. The maximum atomic E-state index is 12.5. The van der Waals surface area contributed by atoms with Crippen LogP contribution in [0.25, 0.3) is 0 Å². The summed E-state index contributed by atoms with van der Waals surface area (Å²) in [6.07, 6.45) is 1.77. The number of methoxy groups -OCH3 is 1. The van der Waals surface area contributed by atoms with Crippen LogP contribution in [0.1, 0.15) is 28.8 Å². The number of rotatable bonds is 6. The van der Waals surface area contributed by atoms with E-state index in [4.69, 9.17) is 9.47 Å². The number of benzene rings is 2. The lowest BCUT2D eigenvalue weighted by Crippen LogP contribution is -2.43. The summed E-state index contributed by atoms with van der Waals surface area (Å²) >= 11 is 0. The molecule has 2 aromatic rings. The van der Waals surface area contributed by atoms with Crippen molar-refractivity contribution in [3.63, 3.8) is 0 Å². The Balaban J connectivity index is 1.45. The number of fused-ring (bicyclic) bond motifs is 3. The van der Waals surface area contributed by atoms with Gasteiger partial charge in [-0.2, -0.15) is 8.78 Å². The molecule has 0 bridgehead atoms. The molecule has 158 valence electrons. The molecule has 0 radical (unpaired) electrons. The Morgan fingerprint density at radius 2 is 2.07 bits per heavy atom. The second kappa shape index (κ2) is 8.17. The quantitative estimate of drug-likeness (QED) is 0.723. The number of anilines is 2. The number of alkyl halides is 2. The normalized spacial score (nSPS) is 17.3. The Morgan fingerprint density at radius 1 is 1.23 bits per heavy atom. The Hall–Kier alpha value is -3.36. The molecule has 9 heteroatoms. The number of amides is 1. The highest BCUT2D eigenvalue weighted by atomic mass is 19.3. The lowest BCUT2D eigenvalue weighted by molar-refractivity contribution is -0.117. The molecule has 1 amide bonds. The molecule has 7 nitrogen and oxygen atoms in total. The van der Waals surface area contributed by atoms with E-state index in [2.05, 4.69) is 15.0 Å². The van der Waals surface area contributed by atoms with Crippen LogP contribution < -0.4 is 19.7 Å². The number of halogens is 2. The van der Waals surface area contributed by atoms with Gasteiger partial charge in [0.1, 0.15) is 12.6 Å². The molecule has 1 N–H and O–H groups in total. The Bertz CT molecular complexity index is 982. The van der Waals surface area contributed by atoms with Gasteiger partial charge in [0.25, 0.3) is 0 Å². The number of hydrogen-bond acceptors (Lipinski definition) is 6. The highest BCUT2D eigenvalue weighted by molar-refractivity contribution is 6.05. The molecule has 0 saturated carbocycles. The summed E-state index contributed by atoms with van der Waals surface area (Å²) in [6, 6.07) is 9.22. The molecule has 1 unspecified atom stereocenters. The van der Waals surface area contributed by atoms with Gasteiger partial charge in [0, 0.05) is 6.54 Å². The maximum absolute atomic E-state index is 12.5. The molecule has 0 spiro atoms. The van der Waals surface area contributed by atoms with Crippen LogP contribution in [0.15, 0.2) is 36.4 Å². The van der Waals surface area contributed by atoms with Gasteiger partial charge in [-0.1, -0.05) is 6.07 Å². The largest absolute Gasteiger partial charge is 0.493 e. The summed E-state index contributed by atoms with van der Waals surface area (Å²) in [5.74, 6) is -0.625. The number of nitrogens with zero attached hydrogens (tertiary/aromatic N) is 1. The monoisotopic (exact) mass is 418 g/mol. The number of nitrogens with one attached hydrogen (secondary N) is 1. The van der Waals surface area contributed by atoms with Crippen LogP contribution in [0, 0.1) is 0 Å². The minimum Gasteiger partial charge on any atom is -0.493 e. The first-order chi connectivity index (χ1) is 14.5. The van der Waals surface area contributed by atoms with E-state index in [9.17, 15) is 18.4 Å². The number of ether oxygens (including phenoxy) is 3. The van der Waals surface area contributed by atoms with Gasteiger partial charge in [0.2, 0.25) is 5.91 Å². The first-order valence-corrected chi connectivity index (χ1v) is 9.46. The van der Waals surface area contributed by atoms with Crippen LogP contribution >= 0.6 is 0 Å². The van der Waals surface area contributed by atoms with E-state index in [1.165, 1.54) is 25.3 Å². The van der Waals surface area contributed by atoms with Crippen LogP contribution in [-0.4, -0.2) is 38.2 Å². The average Bonchev–Trinajstić information content (AvgIpc) is 3.23. The second-order valence-electron chi connectivity index (χ2n) is 7.01. The van der Waals surface area contributed by atoms with Gasteiger partial charge >= 0.3 is 12.6 Å². The fraction of sp³-hybridized carbons (Fsp3) is 0.333. The third kappa shape index (κ3) is 3.87. The molecule has 1 saturated heterocycles. The summed E-state index contributed by atoms with van der Waals surface area (Å²) in [4.78, 5) is 26.8. The van der Waals surface area contributed by atoms with Crippen molar-refractivity contribution in [1.29, 1.82) is 0 Å². The van der Waals surface area contributed by atoms with Crippen molar-refractivity contribution in [2.45, 2.75) is 32.1 Å². The van der Waals surface area contributed by atoms with Crippen molar-refractivity contribution in [3.8, 4) is 11.5 Å². The van der Waals surface area contributed by atoms with Gasteiger partial charge < -0.3 is 24.4 Å². The fourth-order valence-electron chi connectivity index (χ4n) is 3.78. The molecular formula is C21H20F2N2O5. The smallest absolute Gasteiger partial charge is 0.387 e. The van der Waals surface area contributed by atoms with Gasteiger partial charge in [0.15, 0.2) is 11.5 Å². The van der Waals surface area contributed by atoms with Crippen LogP contribution in [0.4, 0.5) is 20.2 Å². The van der Waals surface area contributed by atoms with Crippen molar-refractivity contribution >= 4 is 23.3 Å². The molecule has 4 rings (SSSR count). The second-order valence-corrected chi connectivity index (χ2v) is 7.01. The van der Waals surface area contributed by atoms with E-state index in [1.54, 1.807) is 12.1 Å². The Kier molecular flexibility index (Phi) is 5.43. The minimum atomic E-state index is -2.97. The Labute approximate surface area is 171 Å². The number of hydrogen-bond donors (Lipinski definition) is 1. The zero-order chi connectivity index (χ0) is 21.3. The predicted molar refractivity (Wildman–Crippen MR) is 104 cm³/mol. The fourth-order valence-corrected chi connectivity index (χ4v) is 3.78. The summed E-state index contributed by atoms with van der Waals surface area (Å²) in [6.45, 7) is -2.24. The molecular weight excluding hydrogens is 398 g/mol. The molecule has 30 heavy (non-hydrogen) atoms. The van der Waals surface area contributed by atoms with Gasteiger partial charge in [0.05, 0.1) is 24.0 Å². The van der Waals surface area contributed by atoms with Crippen molar-refractivity contribution in [3.05, 3.63) is 47.5 Å². The SMILES string of the molecule is COc1cc(COC(=O)c2ccc3c(c2)NC(=O)C2CCCN32)ccc1OC(F)F. The van der Waals surface area contributed by atoms with Crippen LogP contribution in [-0.2, 0) is 16.1 Å². The van der Waals surface area contributed by atoms with E-state index in [0.717, 1.165) is 25.1 Å². The van der Waals surface area contributed by atoms with E-state index in [0.29, 0.717) is 16.8 Å². The predicted octanol–water partition coefficient (Wildman–Crippen LogP) is 3.57. The molecule has 2 aromatic carbocycles. The molecule has 0 aliphatic carbocycles. The maximum Gasteiger partial charge on any atom is 0.387 e. The van der Waals surface area contributed by atoms with E-state index in [1.807, 2.05) is 6.07 Å². The van der Waals surface area contributed by atoms with E-state index >= 15 is 0 Å². The molecule has 1 atom stereocenters. The zero-order valence-electron chi connectivity index (χ0n) is 16.2. The molecule has 2 aliphatic rings. The summed E-state index contributed by atoms with van der Waals surface area (Å²) < 4.78 is 39.6. The summed E-state index contributed by atoms with van der Waals surface area (Å²) in [7, 11) is 1.33.